The molecule has 2 fully saturated rings. The topological polar surface area (TPSA) is 92.7 Å². The summed E-state index contributed by atoms with van der Waals surface area (Å²) in [5, 5.41) is 0. The van der Waals surface area contributed by atoms with Gasteiger partial charge in [0.25, 0.3) is 0 Å². The van der Waals surface area contributed by atoms with Crippen molar-refractivity contribution in [3.8, 4) is 0 Å². The average molecular weight is 417 g/mol. The van der Waals surface area contributed by atoms with E-state index in [4.69, 9.17) is 4.74 Å². The van der Waals surface area contributed by atoms with Crippen LogP contribution in [0.25, 0.3) is 0 Å². The number of ether oxygens (including phenoxy) is 1. The first-order chi connectivity index (χ1) is 13.8. The van der Waals surface area contributed by atoms with Crippen LogP contribution in [0.15, 0.2) is 47.8 Å². The van der Waals surface area contributed by atoms with Crippen molar-refractivity contribution in [1.82, 2.24) is 14.9 Å². The Labute approximate surface area is 170 Å². The molecule has 4 rings (SSSR count). The number of nitrogens with zero attached hydrogens (tertiary/aromatic N) is 4. The van der Waals surface area contributed by atoms with Crippen molar-refractivity contribution in [3.05, 3.63) is 48.4 Å². The number of sulfone groups is 1. The molecule has 29 heavy (non-hydrogen) atoms. The van der Waals surface area contributed by atoms with Crippen LogP contribution >= 0.6 is 0 Å². The van der Waals surface area contributed by atoms with E-state index in [1.54, 1.807) is 29.3 Å². The van der Waals surface area contributed by atoms with E-state index < -0.39 is 9.84 Å². The molecular weight excluding hydrogens is 392 g/mol. The highest BCUT2D eigenvalue weighted by Gasteiger charge is 2.46. The summed E-state index contributed by atoms with van der Waals surface area (Å²) in [5.74, 6) is 0.667. The largest absolute Gasteiger partial charge is 0.379 e. The second-order valence-electron chi connectivity index (χ2n) is 7.90. The zero-order chi connectivity index (χ0) is 20.5. The maximum absolute atomic E-state index is 12.7. The van der Waals surface area contributed by atoms with Gasteiger partial charge in [-0.2, -0.15) is 0 Å². The predicted molar refractivity (Wildman–Crippen MR) is 107 cm³/mol. The number of benzene rings is 1. The zero-order valence-corrected chi connectivity index (χ0v) is 17.1. The molecule has 9 heteroatoms. The molecular formula is C20H24N4O4S. The van der Waals surface area contributed by atoms with Crippen molar-refractivity contribution >= 4 is 21.6 Å². The zero-order valence-electron chi connectivity index (χ0n) is 16.3. The Morgan fingerprint density at radius 2 is 1.97 bits per heavy atom. The fourth-order valence-electron chi connectivity index (χ4n) is 4.07. The summed E-state index contributed by atoms with van der Waals surface area (Å²) in [4.78, 5) is 25.1. The van der Waals surface area contributed by atoms with Gasteiger partial charge in [-0.15, -0.1) is 0 Å². The summed E-state index contributed by atoms with van der Waals surface area (Å²) in [6.07, 6.45) is 4.71. The van der Waals surface area contributed by atoms with E-state index >= 15 is 0 Å². The molecule has 0 unspecified atom stereocenters. The van der Waals surface area contributed by atoms with Crippen molar-refractivity contribution < 1.29 is 17.9 Å². The van der Waals surface area contributed by atoms with E-state index in [1.807, 2.05) is 12.1 Å². The van der Waals surface area contributed by atoms with Gasteiger partial charge in [-0.1, -0.05) is 12.1 Å². The summed E-state index contributed by atoms with van der Waals surface area (Å²) in [5.41, 5.74) is 0.747. The first-order valence-corrected chi connectivity index (χ1v) is 11.4. The predicted octanol–water partition coefficient (Wildman–Crippen LogP) is 1.14. The van der Waals surface area contributed by atoms with Crippen LogP contribution in [0, 0.1) is 5.41 Å². The minimum absolute atomic E-state index is 0.0478. The van der Waals surface area contributed by atoms with Gasteiger partial charge in [0.15, 0.2) is 9.84 Å². The number of hydrogen-bond donors (Lipinski definition) is 0. The standard InChI is InChI=1S/C20H24N4O4S/c1-29(26,27)17-4-2-16(3-5-17)11-23-8-9-28-14-20(12-23)10-19(25)24(13-20)18-6-7-21-15-22-18/h2-7,15H,8-14H2,1H3/t20-/m0/s1. The lowest BCUT2D eigenvalue weighted by Crippen LogP contribution is -2.40. The minimum Gasteiger partial charge on any atom is -0.379 e. The fourth-order valence-corrected chi connectivity index (χ4v) is 4.70. The highest BCUT2D eigenvalue weighted by molar-refractivity contribution is 7.90. The lowest BCUT2D eigenvalue weighted by molar-refractivity contribution is -0.118. The molecule has 0 radical (unpaired) electrons. The van der Waals surface area contributed by atoms with E-state index in [1.165, 1.54) is 12.6 Å². The Morgan fingerprint density at radius 1 is 1.17 bits per heavy atom. The molecule has 2 aliphatic rings. The third-order valence-electron chi connectivity index (χ3n) is 5.44. The SMILES string of the molecule is CS(=O)(=O)c1ccc(CN2CCOC[C@@]3(CC(=O)N(c4ccncn4)C3)C2)cc1. The highest BCUT2D eigenvalue weighted by Crippen LogP contribution is 2.36. The van der Waals surface area contributed by atoms with Crippen molar-refractivity contribution in [2.75, 3.05) is 44.0 Å². The smallest absolute Gasteiger partial charge is 0.228 e. The van der Waals surface area contributed by atoms with Crippen LogP contribution in [0.2, 0.25) is 0 Å². The van der Waals surface area contributed by atoms with Crippen molar-refractivity contribution in [1.29, 1.82) is 0 Å². The number of carbonyl (C=O) groups is 1. The minimum atomic E-state index is -3.20. The first kappa shape index (κ1) is 19.9. The van der Waals surface area contributed by atoms with Gasteiger partial charge in [0, 0.05) is 50.5 Å². The molecule has 1 atom stereocenters. The molecule has 2 aromatic rings. The van der Waals surface area contributed by atoms with Crippen LogP contribution in [0.3, 0.4) is 0 Å². The number of amides is 1. The van der Waals surface area contributed by atoms with Crippen LogP contribution < -0.4 is 4.90 Å². The van der Waals surface area contributed by atoms with Crippen molar-refractivity contribution in [3.63, 3.8) is 0 Å². The highest BCUT2D eigenvalue weighted by atomic mass is 32.2. The molecule has 0 N–H and O–H groups in total. The van der Waals surface area contributed by atoms with Gasteiger partial charge in [0.05, 0.1) is 18.1 Å². The Kier molecular flexibility index (Phi) is 5.37. The third-order valence-corrected chi connectivity index (χ3v) is 6.57. The van der Waals surface area contributed by atoms with E-state index in [0.717, 1.165) is 18.7 Å². The van der Waals surface area contributed by atoms with Gasteiger partial charge < -0.3 is 4.74 Å². The van der Waals surface area contributed by atoms with Crippen LogP contribution in [0.4, 0.5) is 5.82 Å². The molecule has 1 spiro atoms. The van der Waals surface area contributed by atoms with Gasteiger partial charge >= 0.3 is 0 Å². The normalized spacial score (nSPS) is 23.5. The van der Waals surface area contributed by atoms with E-state index in [2.05, 4.69) is 14.9 Å². The Morgan fingerprint density at radius 3 is 2.66 bits per heavy atom. The van der Waals surface area contributed by atoms with Crippen LogP contribution in [-0.2, 0) is 25.9 Å². The quantitative estimate of drug-likeness (QED) is 0.738. The lowest BCUT2D eigenvalue weighted by atomic mass is 9.87. The summed E-state index contributed by atoms with van der Waals surface area (Å²) in [6.45, 7) is 3.86. The Bertz CT molecular complexity index is 981. The van der Waals surface area contributed by atoms with Crippen LogP contribution in [0.1, 0.15) is 12.0 Å². The van der Waals surface area contributed by atoms with Gasteiger partial charge in [0.1, 0.15) is 12.1 Å². The third kappa shape index (κ3) is 4.47. The number of rotatable bonds is 4. The van der Waals surface area contributed by atoms with E-state index in [9.17, 15) is 13.2 Å². The molecule has 1 aromatic heterocycles. The lowest BCUT2D eigenvalue weighted by Gasteiger charge is -2.31. The molecule has 1 aromatic carbocycles. The monoisotopic (exact) mass is 416 g/mol. The number of anilines is 1. The number of carbonyl (C=O) groups excluding carboxylic acids is 1. The molecule has 0 aliphatic carbocycles. The Balaban J connectivity index is 1.49. The van der Waals surface area contributed by atoms with Crippen molar-refractivity contribution in [2.45, 2.75) is 17.9 Å². The molecule has 8 nitrogen and oxygen atoms in total. The fraction of sp³-hybridized carbons (Fsp3) is 0.450. The summed E-state index contributed by atoms with van der Waals surface area (Å²) >= 11 is 0. The second-order valence-corrected chi connectivity index (χ2v) is 9.92. The van der Waals surface area contributed by atoms with Crippen molar-refractivity contribution in [2.24, 2.45) is 5.41 Å². The van der Waals surface area contributed by atoms with E-state index in [-0.39, 0.29) is 11.3 Å². The maximum atomic E-state index is 12.7. The van der Waals surface area contributed by atoms with Crippen LogP contribution in [-0.4, -0.2) is 68.3 Å². The average Bonchev–Trinajstić information content (AvgIpc) is 2.88. The first-order valence-electron chi connectivity index (χ1n) is 9.50. The summed E-state index contributed by atoms with van der Waals surface area (Å²) < 4.78 is 29.2. The second kappa shape index (κ2) is 7.81. The molecule has 3 heterocycles. The van der Waals surface area contributed by atoms with E-state index in [0.29, 0.717) is 43.4 Å². The number of hydrogen-bond acceptors (Lipinski definition) is 7. The van der Waals surface area contributed by atoms with Crippen LogP contribution in [0.5, 0.6) is 0 Å². The maximum Gasteiger partial charge on any atom is 0.228 e. The Hall–Kier alpha value is -2.36. The molecule has 2 saturated heterocycles. The summed E-state index contributed by atoms with van der Waals surface area (Å²) in [7, 11) is -3.20. The van der Waals surface area contributed by atoms with Gasteiger partial charge in [0.2, 0.25) is 5.91 Å². The molecule has 0 saturated carbocycles. The molecule has 2 aliphatic heterocycles. The van der Waals surface area contributed by atoms with Gasteiger partial charge in [-0.3, -0.25) is 14.6 Å². The molecule has 154 valence electrons. The van der Waals surface area contributed by atoms with Gasteiger partial charge in [-0.25, -0.2) is 18.4 Å². The number of aromatic nitrogens is 2. The van der Waals surface area contributed by atoms with Gasteiger partial charge in [-0.05, 0) is 23.8 Å². The molecule has 1 amide bonds. The summed E-state index contributed by atoms with van der Waals surface area (Å²) in [6, 6.07) is 8.73. The molecule has 0 bridgehead atoms.